The summed E-state index contributed by atoms with van der Waals surface area (Å²) in [7, 11) is 0. The van der Waals surface area contributed by atoms with E-state index in [0.29, 0.717) is 0 Å². The van der Waals surface area contributed by atoms with Crippen LogP contribution in [0.1, 0.15) is 27.8 Å². The molecule has 6 aromatic rings. The first-order valence-corrected chi connectivity index (χ1v) is 12.6. The highest BCUT2D eigenvalue weighted by Crippen LogP contribution is 2.32. The minimum Gasteiger partial charge on any atom is -0.309 e. The summed E-state index contributed by atoms with van der Waals surface area (Å²) in [5, 5.41) is 2.64. The molecule has 0 N–H and O–H groups in total. The van der Waals surface area contributed by atoms with Crippen LogP contribution in [0, 0.1) is 34.6 Å². The van der Waals surface area contributed by atoms with Crippen LogP contribution in [0.5, 0.6) is 0 Å². The fraction of sp³-hybridized carbons (Fsp3) is 0.143. The number of rotatable bonds is 2. The van der Waals surface area contributed by atoms with Gasteiger partial charge >= 0.3 is 0 Å². The lowest BCUT2D eigenvalue weighted by molar-refractivity contribution is 1.17. The summed E-state index contributed by atoms with van der Waals surface area (Å²) in [6, 6.07) is 39.2. The summed E-state index contributed by atoms with van der Waals surface area (Å²) in [5.74, 6) is 0. The zero-order valence-corrected chi connectivity index (χ0v) is 21.8. The van der Waals surface area contributed by atoms with Crippen molar-refractivity contribution in [3.05, 3.63) is 137 Å². The molecule has 0 spiro atoms. The molecule has 0 saturated carbocycles. The van der Waals surface area contributed by atoms with Gasteiger partial charge in [-0.3, -0.25) is 0 Å². The first-order valence-electron chi connectivity index (χ1n) is 12.6. The van der Waals surface area contributed by atoms with Crippen LogP contribution in [0.4, 0.5) is 0 Å². The van der Waals surface area contributed by atoms with Crippen LogP contribution in [-0.4, -0.2) is 4.57 Å². The van der Waals surface area contributed by atoms with E-state index >= 15 is 0 Å². The van der Waals surface area contributed by atoms with Gasteiger partial charge < -0.3 is 4.57 Å². The van der Waals surface area contributed by atoms with E-state index in [1.165, 1.54) is 66.4 Å². The number of aryl methyl sites for hydroxylation is 5. The molecule has 1 aromatic heterocycles. The molecular weight excluding hydrogens is 434 g/mol. The van der Waals surface area contributed by atoms with Crippen molar-refractivity contribution in [2.45, 2.75) is 34.6 Å². The fourth-order valence-corrected chi connectivity index (χ4v) is 5.03. The maximum Gasteiger partial charge on any atom is 0.0541 e. The van der Waals surface area contributed by atoms with Gasteiger partial charge in [0, 0.05) is 16.5 Å². The summed E-state index contributed by atoms with van der Waals surface area (Å²) in [4.78, 5) is 0. The summed E-state index contributed by atoms with van der Waals surface area (Å²) in [6.45, 7) is 10.8. The Hall–Kier alpha value is -4.10. The lowest BCUT2D eigenvalue weighted by Gasteiger charge is -2.09. The smallest absolute Gasteiger partial charge is 0.0541 e. The molecular formula is C35H33N. The Morgan fingerprint density at radius 2 is 1.06 bits per heavy atom. The molecule has 0 unspecified atom stereocenters. The first kappa shape index (κ1) is 23.6. The minimum atomic E-state index is 1.23. The zero-order chi connectivity index (χ0) is 25.2. The first-order chi connectivity index (χ1) is 17.4. The van der Waals surface area contributed by atoms with E-state index in [9.17, 15) is 0 Å². The second kappa shape index (κ2) is 9.87. The van der Waals surface area contributed by atoms with Crippen molar-refractivity contribution < 1.29 is 0 Å². The van der Waals surface area contributed by atoms with Crippen LogP contribution in [0.15, 0.2) is 109 Å². The average molecular weight is 468 g/mol. The van der Waals surface area contributed by atoms with E-state index in [4.69, 9.17) is 0 Å². The Labute approximate surface area is 214 Å². The number of benzene rings is 5. The second-order valence-corrected chi connectivity index (χ2v) is 9.85. The van der Waals surface area contributed by atoms with Gasteiger partial charge in [-0.1, -0.05) is 90.0 Å². The number of nitrogens with zero attached hydrogens (tertiary/aromatic N) is 1. The molecule has 0 aliphatic rings. The standard InChI is InChI=1S/C20H17N.C15H16/c1-14-6-5-7-16(12-14)21-19-9-4-3-8-17(19)18-13-15(2)10-11-20(18)21;1-11-8-9-13(3)15(10-11)14-7-5-4-6-12(14)2/h3-13H,1-2H3;4-10H,1-3H3. The molecule has 0 atom stereocenters. The van der Waals surface area contributed by atoms with Crippen molar-refractivity contribution in [1.29, 1.82) is 0 Å². The molecule has 0 saturated heterocycles. The SMILES string of the molecule is Cc1ccc(C)c(-c2ccccc2C)c1.Cc1cccc(-n2c3ccccc3c3cc(C)ccc32)c1. The van der Waals surface area contributed by atoms with E-state index in [1.54, 1.807) is 0 Å². The molecule has 1 nitrogen and oxygen atoms in total. The maximum absolute atomic E-state index is 2.36. The minimum absolute atomic E-state index is 1.23. The van der Waals surface area contributed by atoms with Crippen molar-refractivity contribution in [2.24, 2.45) is 0 Å². The predicted molar refractivity (Wildman–Crippen MR) is 156 cm³/mol. The van der Waals surface area contributed by atoms with Gasteiger partial charge in [-0.25, -0.2) is 0 Å². The van der Waals surface area contributed by atoms with Crippen LogP contribution in [0.2, 0.25) is 0 Å². The lowest BCUT2D eigenvalue weighted by atomic mass is 9.95. The Balaban J connectivity index is 0.000000157. The molecule has 0 bridgehead atoms. The Morgan fingerprint density at radius 3 is 1.86 bits per heavy atom. The van der Waals surface area contributed by atoms with E-state index in [1.807, 2.05) is 0 Å². The molecule has 6 rings (SSSR count). The van der Waals surface area contributed by atoms with Gasteiger partial charge in [0.1, 0.15) is 0 Å². The van der Waals surface area contributed by atoms with E-state index in [-0.39, 0.29) is 0 Å². The number of hydrogen-bond donors (Lipinski definition) is 0. The molecule has 36 heavy (non-hydrogen) atoms. The van der Waals surface area contributed by atoms with E-state index in [0.717, 1.165) is 0 Å². The molecule has 0 aliphatic carbocycles. The predicted octanol–water partition coefficient (Wildman–Crippen LogP) is 9.68. The molecule has 0 amide bonds. The largest absolute Gasteiger partial charge is 0.309 e. The maximum atomic E-state index is 2.36. The molecule has 0 aliphatic heterocycles. The van der Waals surface area contributed by atoms with Crippen LogP contribution in [-0.2, 0) is 0 Å². The van der Waals surface area contributed by atoms with Crippen molar-refractivity contribution in [1.82, 2.24) is 4.57 Å². The Kier molecular flexibility index (Phi) is 6.48. The molecule has 1 heterocycles. The molecule has 1 heteroatoms. The normalized spacial score (nSPS) is 10.9. The van der Waals surface area contributed by atoms with Gasteiger partial charge in [-0.15, -0.1) is 0 Å². The van der Waals surface area contributed by atoms with Gasteiger partial charge in [0.25, 0.3) is 0 Å². The third-order valence-corrected chi connectivity index (χ3v) is 6.92. The summed E-state index contributed by atoms with van der Waals surface area (Å²) < 4.78 is 2.36. The molecule has 0 radical (unpaired) electrons. The van der Waals surface area contributed by atoms with Crippen LogP contribution in [0.25, 0.3) is 38.6 Å². The van der Waals surface area contributed by atoms with Gasteiger partial charge in [0.15, 0.2) is 0 Å². The van der Waals surface area contributed by atoms with Crippen molar-refractivity contribution >= 4 is 21.8 Å². The Morgan fingerprint density at radius 1 is 0.417 bits per heavy atom. The van der Waals surface area contributed by atoms with Crippen LogP contribution < -0.4 is 0 Å². The molecule has 178 valence electrons. The highest BCUT2D eigenvalue weighted by molar-refractivity contribution is 6.09. The Bertz CT molecular complexity index is 1680. The third kappa shape index (κ3) is 4.57. The van der Waals surface area contributed by atoms with Gasteiger partial charge in [0.2, 0.25) is 0 Å². The van der Waals surface area contributed by atoms with Gasteiger partial charge in [0.05, 0.1) is 11.0 Å². The van der Waals surface area contributed by atoms with Gasteiger partial charge in [-0.2, -0.15) is 0 Å². The quantitative estimate of drug-likeness (QED) is 0.239. The van der Waals surface area contributed by atoms with Crippen molar-refractivity contribution in [2.75, 3.05) is 0 Å². The molecule has 5 aromatic carbocycles. The third-order valence-electron chi connectivity index (χ3n) is 6.92. The lowest BCUT2D eigenvalue weighted by Crippen LogP contribution is -1.93. The average Bonchev–Trinajstić information content (AvgIpc) is 3.20. The summed E-state index contributed by atoms with van der Waals surface area (Å²) in [5.41, 5.74) is 13.0. The van der Waals surface area contributed by atoms with E-state index in [2.05, 4.69) is 148 Å². The summed E-state index contributed by atoms with van der Waals surface area (Å²) in [6.07, 6.45) is 0. The van der Waals surface area contributed by atoms with E-state index < -0.39 is 0 Å². The molecule has 0 fully saturated rings. The van der Waals surface area contributed by atoms with Crippen molar-refractivity contribution in [3.8, 4) is 16.8 Å². The van der Waals surface area contributed by atoms with Crippen LogP contribution >= 0.6 is 0 Å². The number of hydrogen-bond acceptors (Lipinski definition) is 0. The van der Waals surface area contributed by atoms with Gasteiger partial charge in [-0.05, 0) is 92.8 Å². The highest BCUT2D eigenvalue weighted by Gasteiger charge is 2.11. The zero-order valence-electron chi connectivity index (χ0n) is 21.8. The van der Waals surface area contributed by atoms with Crippen molar-refractivity contribution in [3.63, 3.8) is 0 Å². The number of fused-ring (bicyclic) bond motifs is 3. The topological polar surface area (TPSA) is 4.93 Å². The fourth-order valence-electron chi connectivity index (χ4n) is 5.03. The number of aromatic nitrogens is 1. The summed E-state index contributed by atoms with van der Waals surface area (Å²) >= 11 is 0. The monoisotopic (exact) mass is 467 g/mol. The second-order valence-electron chi connectivity index (χ2n) is 9.85. The number of para-hydroxylation sites is 1. The highest BCUT2D eigenvalue weighted by atomic mass is 15.0. The van der Waals surface area contributed by atoms with Crippen LogP contribution in [0.3, 0.4) is 0 Å².